The summed E-state index contributed by atoms with van der Waals surface area (Å²) in [6.45, 7) is 1.77. The molecule has 96 valence electrons. The Morgan fingerprint density at radius 2 is 2.17 bits per heavy atom. The maximum Gasteiger partial charge on any atom is 0.273 e. The third-order valence-corrected chi connectivity index (χ3v) is 7.12. The number of halogens is 2. The molecule has 0 atom stereocenters. The van der Waals surface area contributed by atoms with Gasteiger partial charge in [-0.25, -0.2) is 13.4 Å². The highest BCUT2D eigenvalue weighted by Crippen LogP contribution is 2.25. The standard InChI is InChI=1S/C10H8BrIN2O2S2/c1-6-13-5-10(17-6)18(15,16)14-7-2-3-8(11)9(12)4-7/h2-5,14H,1H3. The van der Waals surface area contributed by atoms with Crippen LogP contribution in [0.2, 0.25) is 0 Å². The molecule has 0 aliphatic rings. The number of thiazole rings is 1. The molecule has 0 bridgehead atoms. The highest BCUT2D eigenvalue weighted by molar-refractivity contribution is 14.1. The number of benzene rings is 1. The SMILES string of the molecule is Cc1ncc(S(=O)(=O)Nc2ccc(Br)c(I)c2)s1. The van der Waals surface area contributed by atoms with Crippen molar-refractivity contribution < 1.29 is 8.42 Å². The highest BCUT2D eigenvalue weighted by atomic mass is 127. The van der Waals surface area contributed by atoms with Crippen LogP contribution in [0, 0.1) is 10.5 Å². The monoisotopic (exact) mass is 458 g/mol. The predicted molar refractivity (Wildman–Crippen MR) is 84.5 cm³/mol. The Hall–Kier alpha value is -0.190. The van der Waals surface area contributed by atoms with Gasteiger partial charge in [0.25, 0.3) is 10.0 Å². The van der Waals surface area contributed by atoms with Crippen molar-refractivity contribution in [2.75, 3.05) is 4.72 Å². The first-order valence-electron chi connectivity index (χ1n) is 4.79. The smallest absolute Gasteiger partial charge is 0.273 e. The molecule has 0 aliphatic carbocycles. The van der Waals surface area contributed by atoms with Crippen LogP contribution in [0.5, 0.6) is 0 Å². The fraction of sp³-hybridized carbons (Fsp3) is 0.100. The molecule has 0 saturated heterocycles. The van der Waals surface area contributed by atoms with E-state index in [-0.39, 0.29) is 4.21 Å². The van der Waals surface area contributed by atoms with Gasteiger partial charge in [-0.15, -0.1) is 11.3 Å². The predicted octanol–water partition coefficient (Wildman–Crippen LogP) is 3.62. The van der Waals surface area contributed by atoms with Gasteiger partial charge < -0.3 is 0 Å². The van der Waals surface area contributed by atoms with Crippen LogP contribution in [0.3, 0.4) is 0 Å². The zero-order chi connectivity index (χ0) is 13.3. The molecular weight excluding hydrogens is 451 g/mol. The minimum atomic E-state index is -3.53. The fourth-order valence-electron chi connectivity index (χ4n) is 1.23. The Morgan fingerprint density at radius 1 is 1.44 bits per heavy atom. The van der Waals surface area contributed by atoms with Gasteiger partial charge in [-0.05, 0) is 63.6 Å². The van der Waals surface area contributed by atoms with Crippen LogP contribution in [0.1, 0.15) is 5.01 Å². The summed E-state index contributed by atoms with van der Waals surface area (Å²) in [5, 5.41) is 0.723. The molecule has 0 unspecified atom stereocenters. The Balaban J connectivity index is 2.30. The van der Waals surface area contributed by atoms with Gasteiger partial charge in [-0.1, -0.05) is 0 Å². The molecule has 0 spiro atoms. The first kappa shape index (κ1) is 14.2. The molecule has 8 heteroatoms. The molecule has 4 nitrogen and oxygen atoms in total. The molecule has 1 N–H and O–H groups in total. The lowest BCUT2D eigenvalue weighted by Crippen LogP contribution is -2.11. The molecular formula is C10H8BrIN2O2S2. The second-order valence-corrected chi connectivity index (χ2v) is 8.59. The maximum atomic E-state index is 12.1. The van der Waals surface area contributed by atoms with Crippen molar-refractivity contribution in [2.45, 2.75) is 11.1 Å². The number of nitrogens with zero attached hydrogens (tertiary/aromatic N) is 1. The Kier molecular flexibility index (Phi) is 4.29. The number of anilines is 1. The van der Waals surface area contributed by atoms with Crippen molar-refractivity contribution in [3.05, 3.63) is 37.4 Å². The minimum absolute atomic E-state index is 0.220. The zero-order valence-corrected chi connectivity index (χ0v) is 14.5. The second-order valence-electron chi connectivity index (χ2n) is 3.43. The molecule has 0 amide bonds. The molecule has 2 rings (SSSR count). The van der Waals surface area contributed by atoms with Crippen molar-refractivity contribution in [1.29, 1.82) is 0 Å². The third-order valence-electron chi connectivity index (χ3n) is 2.04. The van der Waals surface area contributed by atoms with E-state index in [1.165, 1.54) is 6.20 Å². The molecule has 1 aromatic carbocycles. The van der Waals surface area contributed by atoms with E-state index in [1.54, 1.807) is 25.1 Å². The van der Waals surface area contributed by atoms with Crippen LogP contribution in [-0.2, 0) is 10.0 Å². The van der Waals surface area contributed by atoms with Crippen LogP contribution in [0.4, 0.5) is 5.69 Å². The highest BCUT2D eigenvalue weighted by Gasteiger charge is 2.17. The van der Waals surface area contributed by atoms with E-state index in [9.17, 15) is 8.42 Å². The molecule has 1 aromatic heterocycles. The van der Waals surface area contributed by atoms with E-state index < -0.39 is 10.0 Å². The number of nitrogens with one attached hydrogen (secondary N) is 1. The number of rotatable bonds is 3. The summed E-state index contributed by atoms with van der Waals surface area (Å²) >= 11 is 6.64. The van der Waals surface area contributed by atoms with E-state index in [2.05, 4.69) is 48.2 Å². The van der Waals surface area contributed by atoms with Crippen molar-refractivity contribution in [1.82, 2.24) is 4.98 Å². The largest absolute Gasteiger partial charge is 0.279 e. The lowest BCUT2D eigenvalue weighted by Gasteiger charge is -2.06. The molecule has 1 heterocycles. The molecule has 0 saturated carbocycles. The van der Waals surface area contributed by atoms with Crippen LogP contribution in [0.15, 0.2) is 33.1 Å². The molecule has 0 fully saturated rings. The topological polar surface area (TPSA) is 59.1 Å². The van der Waals surface area contributed by atoms with Gasteiger partial charge in [0.15, 0.2) is 4.21 Å². The molecule has 0 radical (unpaired) electrons. The molecule has 0 aliphatic heterocycles. The van der Waals surface area contributed by atoms with Crippen LogP contribution in [-0.4, -0.2) is 13.4 Å². The van der Waals surface area contributed by atoms with E-state index >= 15 is 0 Å². The lowest BCUT2D eigenvalue weighted by molar-refractivity contribution is 0.603. The van der Waals surface area contributed by atoms with Gasteiger partial charge in [-0.3, -0.25) is 4.72 Å². The summed E-state index contributed by atoms with van der Waals surface area (Å²) in [7, 11) is -3.53. The Bertz CT molecular complexity index is 685. The van der Waals surface area contributed by atoms with Gasteiger partial charge in [0.05, 0.1) is 11.2 Å². The summed E-state index contributed by atoms with van der Waals surface area (Å²) in [5.41, 5.74) is 0.536. The van der Waals surface area contributed by atoms with Crippen molar-refractivity contribution >= 4 is 65.6 Å². The van der Waals surface area contributed by atoms with Crippen molar-refractivity contribution in [3.8, 4) is 0 Å². The van der Waals surface area contributed by atoms with Gasteiger partial charge >= 0.3 is 0 Å². The summed E-state index contributed by atoms with van der Waals surface area (Å²) < 4.78 is 28.7. The minimum Gasteiger partial charge on any atom is -0.279 e. The first-order valence-corrected chi connectivity index (χ1v) is 8.96. The summed E-state index contributed by atoms with van der Waals surface area (Å²) in [5.74, 6) is 0. The van der Waals surface area contributed by atoms with Crippen molar-refractivity contribution in [2.24, 2.45) is 0 Å². The maximum absolute atomic E-state index is 12.1. The lowest BCUT2D eigenvalue weighted by atomic mass is 10.3. The Morgan fingerprint density at radius 3 is 2.72 bits per heavy atom. The van der Waals surface area contributed by atoms with E-state index in [4.69, 9.17) is 0 Å². The van der Waals surface area contributed by atoms with Gasteiger partial charge in [0.2, 0.25) is 0 Å². The summed E-state index contributed by atoms with van der Waals surface area (Å²) in [6, 6.07) is 5.27. The number of hydrogen-bond donors (Lipinski definition) is 1. The fourth-order valence-corrected chi connectivity index (χ4v) is 4.15. The summed E-state index contributed by atoms with van der Waals surface area (Å²) in [4.78, 5) is 3.95. The van der Waals surface area contributed by atoms with Crippen LogP contribution in [0.25, 0.3) is 0 Å². The normalized spacial score (nSPS) is 11.5. The van der Waals surface area contributed by atoms with Gasteiger partial charge in [0, 0.05) is 13.7 Å². The van der Waals surface area contributed by atoms with Crippen LogP contribution < -0.4 is 4.72 Å². The van der Waals surface area contributed by atoms with Crippen molar-refractivity contribution in [3.63, 3.8) is 0 Å². The van der Waals surface area contributed by atoms with E-state index in [0.29, 0.717) is 5.69 Å². The van der Waals surface area contributed by atoms with E-state index in [0.717, 1.165) is 24.4 Å². The number of aromatic nitrogens is 1. The van der Waals surface area contributed by atoms with Gasteiger partial charge in [0.1, 0.15) is 0 Å². The Labute approximate surface area is 131 Å². The zero-order valence-electron chi connectivity index (χ0n) is 9.15. The van der Waals surface area contributed by atoms with E-state index in [1.807, 2.05) is 0 Å². The number of aryl methyl sites for hydroxylation is 1. The quantitative estimate of drug-likeness (QED) is 0.714. The number of sulfonamides is 1. The average molecular weight is 459 g/mol. The van der Waals surface area contributed by atoms with Crippen LogP contribution >= 0.6 is 49.9 Å². The molecule has 18 heavy (non-hydrogen) atoms. The average Bonchev–Trinajstić information content (AvgIpc) is 2.71. The third kappa shape index (κ3) is 3.22. The number of hydrogen-bond acceptors (Lipinski definition) is 4. The second kappa shape index (κ2) is 5.43. The summed E-state index contributed by atoms with van der Waals surface area (Å²) in [6.07, 6.45) is 1.37. The first-order chi connectivity index (χ1) is 8.38. The van der Waals surface area contributed by atoms with Gasteiger partial charge in [-0.2, -0.15) is 0 Å². The molecule has 2 aromatic rings.